The summed E-state index contributed by atoms with van der Waals surface area (Å²) in [6, 6.07) is 19.1. The molecule has 0 aliphatic heterocycles. The summed E-state index contributed by atoms with van der Waals surface area (Å²) >= 11 is 0. The number of methoxy groups -OCH3 is 1. The molecule has 1 amide bonds. The first kappa shape index (κ1) is 21.0. The lowest BCUT2D eigenvalue weighted by atomic mass is 10.1. The molecule has 0 radical (unpaired) electrons. The molecule has 2 aromatic carbocycles. The first-order valence-corrected chi connectivity index (χ1v) is 10.0. The van der Waals surface area contributed by atoms with Gasteiger partial charge in [0.25, 0.3) is 11.5 Å². The summed E-state index contributed by atoms with van der Waals surface area (Å²) in [5.74, 6) is -0.0165. The van der Waals surface area contributed by atoms with Gasteiger partial charge in [0.1, 0.15) is 5.75 Å². The van der Waals surface area contributed by atoms with Gasteiger partial charge >= 0.3 is 0 Å². The lowest BCUT2D eigenvalue weighted by Gasteiger charge is -2.12. The van der Waals surface area contributed by atoms with Gasteiger partial charge in [-0.2, -0.15) is 0 Å². The number of nitrogens with one attached hydrogen (secondary N) is 1. The quantitative estimate of drug-likeness (QED) is 0.458. The number of benzene rings is 2. The molecule has 0 unspecified atom stereocenters. The lowest BCUT2D eigenvalue weighted by molar-refractivity contribution is 0.0904. The first-order valence-electron chi connectivity index (χ1n) is 10.0. The van der Waals surface area contributed by atoms with Crippen molar-refractivity contribution < 1.29 is 14.3 Å². The van der Waals surface area contributed by atoms with Gasteiger partial charge in [0.05, 0.1) is 31.5 Å². The molecule has 0 spiro atoms. The Morgan fingerprint density at radius 2 is 1.69 bits per heavy atom. The molecular formula is C25H21N3O4. The molecule has 4 rings (SSSR count). The van der Waals surface area contributed by atoms with Crippen LogP contribution in [-0.2, 0) is 6.54 Å². The van der Waals surface area contributed by atoms with Crippen LogP contribution in [0.2, 0.25) is 0 Å². The van der Waals surface area contributed by atoms with Crippen molar-refractivity contribution in [2.24, 2.45) is 0 Å². The molecule has 7 heteroatoms. The van der Waals surface area contributed by atoms with Gasteiger partial charge in [-0.15, -0.1) is 0 Å². The molecular weight excluding hydrogens is 406 g/mol. The average Bonchev–Trinajstić information content (AvgIpc) is 2.84. The van der Waals surface area contributed by atoms with Crippen LogP contribution in [0, 0.1) is 0 Å². The van der Waals surface area contributed by atoms with Crippen LogP contribution in [0.4, 0.5) is 0 Å². The highest BCUT2D eigenvalue weighted by Crippen LogP contribution is 2.16. The van der Waals surface area contributed by atoms with Crippen LogP contribution in [0.25, 0.3) is 10.8 Å². The number of aromatic nitrogens is 2. The second-order valence-corrected chi connectivity index (χ2v) is 7.18. The number of pyridine rings is 2. The molecule has 0 saturated heterocycles. The number of hydrogen-bond acceptors (Lipinski definition) is 5. The second kappa shape index (κ2) is 9.26. The van der Waals surface area contributed by atoms with Crippen LogP contribution >= 0.6 is 0 Å². The molecule has 0 fully saturated rings. The third-order valence-corrected chi connectivity index (χ3v) is 5.12. The van der Waals surface area contributed by atoms with Crippen LogP contribution in [-0.4, -0.2) is 34.9 Å². The van der Waals surface area contributed by atoms with E-state index in [-0.39, 0.29) is 24.4 Å². The van der Waals surface area contributed by atoms with E-state index in [1.165, 1.54) is 10.8 Å². The van der Waals surface area contributed by atoms with Crippen molar-refractivity contribution in [3.8, 4) is 5.75 Å². The van der Waals surface area contributed by atoms with Crippen molar-refractivity contribution in [2.75, 3.05) is 13.7 Å². The molecule has 0 aliphatic rings. The van der Waals surface area contributed by atoms with E-state index in [0.29, 0.717) is 33.3 Å². The number of nitrogens with zero attached hydrogens (tertiary/aromatic N) is 2. The number of Topliss-reactive ketones (excluding diaryl/α,β-unsaturated/α-hetero) is 1. The predicted molar refractivity (Wildman–Crippen MR) is 121 cm³/mol. The van der Waals surface area contributed by atoms with Gasteiger partial charge in [-0.1, -0.05) is 24.3 Å². The Morgan fingerprint density at radius 3 is 2.38 bits per heavy atom. The normalized spacial score (nSPS) is 10.7. The number of carbonyl (C=O) groups excluding carboxylic acids is 2. The van der Waals surface area contributed by atoms with Gasteiger partial charge in [0.15, 0.2) is 5.78 Å². The van der Waals surface area contributed by atoms with Crippen LogP contribution in [0.3, 0.4) is 0 Å². The number of carbonyl (C=O) groups is 2. The Hall–Kier alpha value is -4.26. The van der Waals surface area contributed by atoms with Crippen LogP contribution in [0.5, 0.6) is 5.75 Å². The van der Waals surface area contributed by atoms with Crippen molar-refractivity contribution >= 4 is 22.5 Å². The molecule has 7 nitrogen and oxygen atoms in total. The third-order valence-electron chi connectivity index (χ3n) is 5.12. The molecule has 1 N–H and O–H groups in total. The lowest BCUT2D eigenvalue weighted by Crippen LogP contribution is -2.31. The molecule has 0 atom stereocenters. The highest BCUT2D eigenvalue weighted by Gasteiger charge is 2.16. The molecule has 160 valence electrons. The number of ether oxygens (including phenoxy) is 1. The van der Waals surface area contributed by atoms with E-state index >= 15 is 0 Å². The zero-order valence-corrected chi connectivity index (χ0v) is 17.4. The Morgan fingerprint density at radius 1 is 0.969 bits per heavy atom. The number of ketones is 1. The Kier molecular flexibility index (Phi) is 6.07. The van der Waals surface area contributed by atoms with Crippen molar-refractivity contribution in [1.82, 2.24) is 14.9 Å². The minimum atomic E-state index is -0.433. The van der Waals surface area contributed by atoms with E-state index in [1.54, 1.807) is 67.9 Å². The Labute approximate surface area is 184 Å². The van der Waals surface area contributed by atoms with E-state index in [4.69, 9.17) is 4.74 Å². The van der Waals surface area contributed by atoms with Crippen molar-refractivity contribution in [2.45, 2.75) is 6.54 Å². The highest BCUT2D eigenvalue weighted by atomic mass is 16.5. The summed E-state index contributed by atoms with van der Waals surface area (Å²) in [5.41, 5.74) is 1.28. The molecule has 0 aliphatic carbocycles. The smallest absolute Gasteiger partial charge is 0.258 e. The van der Waals surface area contributed by atoms with E-state index < -0.39 is 5.91 Å². The molecule has 0 saturated carbocycles. The van der Waals surface area contributed by atoms with Gasteiger partial charge in [-0.05, 0) is 42.5 Å². The standard InChI is InChI=1S/C25H21N3O4/c1-32-19-11-9-17(10-12-19)23(29)14-27-24(30)22-16-28(15-18-6-4-5-13-26-18)25(31)21-8-3-2-7-20(21)22/h2-13,16H,14-15H2,1H3,(H,27,30). The van der Waals surface area contributed by atoms with E-state index in [1.807, 2.05) is 12.1 Å². The van der Waals surface area contributed by atoms with E-state index in [2.05, 4.69) is 10.3 Å². The van der Waals surface area contributed by atoms with Gasteiger partial charge in [0, 0.05) is 28.7 Å². The first-order chi connectivity index (χ1) is 15.6. The fourth-order valence-electron chi connectivity index (χ4n) is 3.44. The van der Waals surface area contributed by atoms with Crippen LogP contribution in [0.1, 0.15) is 26.4 Å². The van der Waals surface area contributed by atoms with Crippen LogP contribution in [0.15, 0.2) is 83.9 Å². The highest BCUT2D eigenvalue weighted by molar-refractivity contribution is 6.08. The maximum absolute atomic E-state index is 13.0. The van der Waals surface area contributed by atoms with E-state index in [0.717, 1.165) is 0 Å². The van der Waals surface area contributed by atoms with Crippen LogP contribution < -0.4 is 15.6 Å². The third kappa shape index (κ3) is 4.41. The topological polar surface area (TPSA) is 90.3 Å². The monoisotopic (exact) mass is 427 g/mol. The Balaban J connectivity index is 1.60. The maximum atomic E-state index is 13.0. The summed E-state index contributed by atoms with van der Waals surface area (Å²) in [6.45, 7) is 0.0639. The number of hydrogen-bond donors (Lipinski definition) is 1. The molecule has 2 aromatic heterocycles. The van der Waals surface area contributed by atoms with Gasteiger partial charge in [0.2, 0.25) is 0 Å². The van der Waals surface area contributed by atoms with Gasteiger partial charge < -0.3 is 14.6 Å². The summed E-state index contributed by atoms with van der Waals surface area (Å²) < 4.78 is 6.56. The maximum Gasteiger partial charge on any atom is 0.258 e. The van der Waals surface area contributed by atoms with Gasteiger partial charge in [-0.25, -0.2) is 0 Å². The largest absolute Gasteiger partial charge is 0.497 e. The Bertz CT molecular complexity index is 1330. The molecule has 2 heterocycles. The molecule has 4 aromatic rings. The fourth-order valence-corrected chi connectivity index (χ4v) is 3.44. The van der Waals surface area contributed by atoms with Crippen molar-refractivity contribution in [3.63, 3.8) is 0 Å². The summed E-state index contributed by atoms with van der Waals surface area (Å²) in [7, 11) is 1.55. The zero-order valence-electron chi connectivity index (χ0n) is 17.4. The minimum Gasteiger partial charge on any atom is -0.497 e. The average molecular weight is 427 g/mol. The summed E-state index contributed by atoms with van der Waals surface area (Å²) in [4.78, 5) is 42.7. The summed E-state index contributed by atoms with van der Waals surface area (Å²) in [5, 5.41) is 3.64. The zero-order chi connectivity index (χ0) is 22.5. The minimum absolute atomic E-state index is 0.168. The molecule has 32 heavy (non-hydrogen) atoms. The fraction of sp³-hybridized carbons (Fsp3) is 0.120. The number of fused-ring (bicyclic) bond motifs is 1. The predicted octanol–water partition coefficient (Wildman–Crippen LogP) is 3.07. The number of amides is 1. The summed E-state index contributed by atoms with van der Waals surface area (Å²) in [6.07, 6.45) is 3.17. The van der Waals surface area contributed by atoms with E-state index in [9.17, 15) is 14.4 Å². The SMILES string of the molecule is COc1ccc(C(=O)CNC(=O)c2cn(Cc3ccccn3)c(=O)c3ccccc23)cc1. The second-order valence-electron chi connectivity index (χ2n) is 7.18. The van der Waals surface area contributed by atoms with Crippen molar-refractivity contribution in [3.05, 3.63) is 106 Å². The molecule has 0 bridgehead atoms. The van der Waals surface area contributed by atoms with Crippen molar-refractivity contribution in [1.29, 1.82) is 0 Å². The van der Waals surface area contributed by atoms with Gasteiger partial charge in [-0.3, -0.25) is 19.4 Å². The number of rotatable bonds is 7.